The lowest BCUT2D eigenvalue weighted by molar-refractivity contribution is -0.0390. The van der Waals surface area contributed by atoms with Crippen LogP contribution in [0.5, 0.6) is 5.75 Å². The Kier molecular flexibility index (Phi) is 9.18. The van der Waals surface area contributed by atoms with Crippen molar-refractivity contribution in [2.45, 2.75) is 52.5 Å². The van der Waals surface area contributed by atoms with Crippen molar-refractivity contribution in [2.75, 3.05) is 26.9 Å². The molecule has 3 rings (SSSR count). The van der Waals surface area contributed by atoms with Crippen LogP contribution in [0, 0.1) is 6.92 Å². The molecule has 1 fully saturated rings. The summed E-state index contributed by atoms with van der Waals surface area (Å²) < 4.78 is 17.0. The molecule has 0 radical (unpaired) electrons. The predicted molar refractivity (Wildman–Crippen MR) is 124 cm³/mol. The monoisotopic (exact) mass is 425 g/mol. The molecule has 1 saturated heterocycles. The summed E-state index contributed by atoms with van der Waals surface area (Å²) in [5.74, 6) is 1.68. The fourth-order valence-electron chi connectivity index (χ4n) is 3.56. The summed E-state index contributed by atoms with van der Waals surface area (Å²) in [6.45, 7) is 8.41. The largest absolute Gasteiger partial charge is 0.496 e. The number of rotatable bonds is 9. The van der Waals surface area contributed by atoms with Crippen LogP contribution in [0.4, 0.5) is 0 Å². The van der Waals surface area contributed by atoms with Crippen molar-refractivity contribution in [1.82, 2.24) is 10.6 Å². The van der Waals surface area contributed by atoms with E-state index < -0.39 is 0 Å². The molecule has 6 nitrogen and oxygen atoms in total. The Morgan fingerprint density at radius 3 is 2.68 bits per heavy atom. The lowest BCUT2D eigenvalue weighted by Crippen LogP contribution is -2.36. The highest BCUT2D eigenvalue weighted by atomic mass is 16.5. The van der Waals surface area contributed by atoms with Crippen molar-refractivity contribution < 1.29 is 14.2 Å². The van der Waals surface area contributed by atoms with Gasteiger partial charge in [-0.15, -0.1) is 0 Å². The molecule has 0 aromatic heterocycles. The molecule has 1 aliphatic heterocycles. The van der Waals surface area contributed by atoms with Crippen molar-refractivity contribution in [2.24, 2.45) is 4.99 Å². The van der Waals surface area contributed by atoms with E-state index in [1.165, 1.54) is 11.1 Å². The standard InChI is InChI=1S/C25H35N3O3/c1-4-26-25(28-17-22-9-8-19(2)14-24(22)29-3)27-16-20-6-5-7-21(15-20)18-31-23-10-12-30-13-11-23/h5-9,14-15,23H,4,10-13,16-18H2,1-3H3,(H2,26,27,28). The van der Waals surface area contributed by atoms with Crippen molar-refractivity contribution in [3.8, 4) is 5.75 Å². The van der Waals surface area contributed by atoms with E-state index in [4.69, 9.17) is 19.2 Å². The maximum absolute atomic E-state index is 6.05. The Morgan fingerprint density at radius 2 is 1.90 bits per heavy atom. The first kappa shape index (κ1) is 23.1. The van der Waals surface area contributed by atoms with Gasteiger partial charge in [-0.25, -0.2) is 4.99 Å². The highest BCUT2D eigenvalue weighted by Gasteiger charge is 2.14. The second-order valence-electron chi connectivity index (χ2n) is 7.81. The van der Waals surface area contributed by atoms with Crippen LogP contribution in [0.3, 0.4) is 0 Å². The molecule has 0 amide bonds. The molecule has 0 unspecified atom stereocenters. The van der Waals surface area contributed by atoms with Crippen molar-refractivity contribution in [1.29, 1.82) is 0 Å². The molecule has 2 N–H and O–H groups in total. The molecule has 2 aromatic carbocycles. The zero-order chi connectivity index (χ0) is 21.9. The van der Waals surface area contributed by atoms with Gasteiger partial charge >= 0.3 is 0 Å². The lowest BCUT2D eigenvalue weighted by atomic mass is 10.1. The van der Waals surface area contributed by atoms with Crippen LogP contribution >= 0.6 is 0 Å². The summed E-state index contributed by atoms with van der Waals surface area (Å²) in [5, 5.41) is 6.72. The summed E-state index contributed by atoms with van der Waals surface area (Å²) in [6.07, 6.45) is 2.26. The molecule has 1 aliphatic rings. The zero-order valence-electron chi connectivity index (χ0n) is 18.9. The summed E-state index contributed by atoms with van der Waals surface area (Å²) >= 11 is 0. The second kappa shape index (κ2) is 12.3. The van der Waals surface area contributed by atoms with Gasteiger partial charge in [0.15, 0.2) is 5.96 Å². The first-order valence-electron chi connectivity index (χ1n) is 11.1. The topological polar surface area (TPSA) is 64.1 Å². The smallest absolute Gasteiger partial charge is 0.191 e. The van der Waals surface area contributed by atoms with Crippen LogP contribution in [0.1, 0.15) is 42.0 Å². The maximum Gasteiger partial charge on any atom is 0.191 e. The number of methoxy groups -OCH3 is 1. The van der Waals surface area contributed by atoms with E-state index in [1.807, 2.05) is 0 Å². The van der Waals surface area contributed by atoms with E-state index in [-0.39, 0.29) is 0 Å². The van der Waals surface area contributed by atoms with Gasteiger partial charge in [-0.3, -0.25) is 0 Å². The average molecular weight is 426 g/mol. The lowest BCUT2D eigenvalue weighted by Gasteiger charge is -2.22. The van der Waals surface area contributed by atoms with Gasteiger partial charge in [0.25, 0.3) is 0 Å². The van der Waals surface area contributed by atoms with Crippen LogP contribution in [0.2, 0.25) is 0 Å². The number of hydrogen-bond acceptors (Lipinski definition) is 4. The van der Waals surface area contributed by atoms with Crippen LogP contribution in [0.25, 0.3) is 0 Å². The Hall–Kier alpha value is -2.57. The third-order valence-corrected chi connectivity index (χ3v) is 5.30. The van der Waals surface area contributed by atoms with Crippen LogP contribution in [0.15, 0.2) is 47.5 Å². The second-order valence-corrected chi connectivity index (χ2v) is 7.81. The minimum absolute atomic E-state index is 0.304. The molecule has 2 aromatic rings. The zero-order valence-corrected chi connectivity index (χ0v) is 18.9. The molecular formula is C25H35N3O3. The minimum atomic E-state index is 0.304. The fourth-order valence-corrected chi connectivity index (χ4v) is 3.56. The van der Waals surface area contributed by atoms with E-state index in [2.05, 4.69) is 66.9 Å². The van der Waals surface area contributed by atoms with E-state index in [0.717, 1.165) is 55.4 Å². The first-order chi connectivity index (χ1) is 15.2. The van der Waals surface area contributed by atoms with Gasteiger partial charge in [-0.1, -0.05) is 36.4 Å². The van der Waals surface area contributed by atoms with Crippen molar-refractivity contribution >= 4 is 5.96 Å². The van der Waals surface area contributed by atoms with E-state index in [0.29, 0.717) is 25.8 Å². The first-order valence-corrected chi connectivity index (χ1v) is 11.1. The highest BCUT2D eigenvalue weighted by molar-refractivity contribution is 5.79. The number of nitrogens with one attached hydrogen (secondary N) is 2. The Balaban J connectivity index is 1.57. The van der Waals surface area contributed by atoms with E-state index >= 15 is 0 Å². The summed E-state index contributed by atoms with van der Waals surface area (Å²) in [6, 6.07) is 14.7. The van der Waals surface area contributed by atoms with E-state index in [1.54, 1.807) is 7.11 Å². The van der Waals surface area contributed by atoms with Crippen LogP contribution < -0.4 is 15.4 Å². The number of ether oxygens (including phenoxy) is 3. The molecule has 0 aliphatic carbocycles. The Labute approximate surface area is 186 Å². The molecule has 0 bridgehead atoms. The van der Waals surface area contributed by atoms with Gasteiger partial charge in [-0.05, 0) is 49.4 Å². The quantitative estimate of drug-likeness (QED) is 0.470. The molecule has 31 heavy (non-hydrogen) atoms. The van der Waals surface area contributed by atoms with Crippen molar-refractivity contribution in [3.63, 3.8) is 0 Å². The number of aliphatic imine (C=N–C) groups is 1. The Bertz CT molecular complexity index is 848. The summed E-state index contributed by atoms with van der Waals surface area (Å²) in [7, 11) is 1.70. The molecule has 1 heterocycles. The highest BCUT2D eigenvalue weighted by Crippen LogP contribution is 2.19. The van der Waals surface area contributed by atoms with Gasteiger partial charge < -0.3 is 24.8 Å². The van der Waals surface area contributed by atoms with Crippen LogP contribution in [-0.4, -0.2) is 38.9 Å². The van der Waals surface area contributed by atoms with Crippen LogP contribution in [-0.2, 0) is 29.2 Å². The van der Waals surface area contributed by atoms with Crippen molar-refractivity contribution in [3.05, 3.63) is 64.7 Å². The SMILES string of the molecule is CCNC(=NCc1cccc(COC2CCOCC2)c1)NCc1ccc(C)cc1OC. The number of nitrogens with zero attached hydrogens (tertiary/aromatic N) is 1. The van der Waals surface area contributed by atoms with Gasteiger partial charge in [-0.2, -0.15) is 0 Å². The third kappa shape index (κ3) is 7.56. The molecule has 0 atom stereocenters. The molecule has 168 valence electrons. The number of benzene rings is 2. The average Bonchev–Trinajstić information content (AvgIpc) is 2.81. The maximum atomic E-state index is 6.05. The number of aryl methyl sites for hydroxylation is 1. The van der Waals surface area contributed by atoms with E-state index in [9.17, 15) is 0 Å². The third-order valence-electron chi connectivity index (χ3n) is 5.30. The predicted octanol–water partition coefficient (Wildman–Crippen LogP) is 3.95. The number of hydrogen-bond donors (Lipinski definition) is 2. The normalized spacial score (nSPS) is 15.0. The fraction of sp³-hybridized carbons (Fsp3) is 0.480. The molecule has 0 saturated carbocycles. The van der Waals surface area contributed by atoms with Gasteiger partial charge in [0.2, 0.25) is 0 Å². The van der Waals surface area contributed by atoms with Gasteiger partial charge in [0.05, 0.1) is 26.4 Å². The summed E-state index contributed by atoms with van der Waals surface area (Å²) in [5.41, 5.74) is 4.63. The number of guanidine groups is 1. The van der Waals surface area contributed by atoms with Gasteiger partial charge in [0.1, 0.15) is 5.75 Å². The molecular weight excluding hydrogens is 390 g/mol. The molecule has 0 spiro atoms. The summed E-state index contributed by atoms with van der Waals surface area (Å²) in [4.78, 5) is 4.76. The minimum Gasteiger partial charge on any atom is -0.496 e. The Morgan fingerprint density at radius 1 is 1.10 bits per heavy atom. The molecule has 6 heteroatoms. The van der Waals surface area contributed by atoms with Gasteiger partial charge in [0, 0.05) is 31.9 Å².